The van der Waals surface area contributed by atoms with Crippen molar-refractivity contribution in [1.82, 2.24) is 14.7 Å². The van der Waals surface area contributed by atoms with Gasteiger partial charge in [0.25, 0.3) is 5.91 Å². The maximum absolute atomic E-state index is 13.0. The SMILES string of the molecule is CCN(CC)Cc1cccc(NC(=O)c2c(C)nn(Cc3ccc(C)cc3)c2Cl)c1. The number of hydrogen-bond donors (Lipinski definition) is 1. The molecule has 0 bridgehead atoms. The van der Waals surface area contributed by atoms with Crippen LogP contribution < -0.4 is 5.32 Å². The van der Waals surface area contributed by atoms with Crippen molar-refractivity contribution in [1.29, 1.82) is 0 Å². The first-order valence-electron chi connectivity index (χ1n) is 10.3. The summed E-state index contributed by atoms with van der Waals surface area (Å²) in [4.78, 5) is 15.3. The summed E-state index contributed by atoms with van der Waals surface area (Å²) in [6.45, 7) is 11.5. The zero-order chi connectivity index (χ0) is 21.7. The third kappa shape index (κ3) is 5.29. The Labute approximate surface area is 183 Å². The highest BCUT2D eigenvalue weighted by atomic mass is 35.5. The van der Waals surface area contributed by atoms with Gasteiger partial charge in [0.15, 0.2) is 0 Å². The van der Waals surface area contributed by atoms with Gasteiger partial charge in [-0.1, -0.05) is 67.4 Å². The van der Waals surface area contributed by atoms with E-state index in [4.69, 9.17) is 11.6 Å². The van der Waals surface area contributed by atoms with E-state index in [2.05, 4.69) is 47.4 Å². The smallest absolute Gasteiger partial charge is 0.260 e. The molecule has 30 heavy (non-hydrogen) atoms. The molecule has 0 spiro atoms. The van der Waals surface area contributed by atoms with Crippen LogP contribution in [0.2, 0.25) is 5.15 Å². The number of aromatic nitrogens is 2. The van der Waals surface area contributed by atoms with Crippen LogP contribution in [0.1, 0.15) is 46.6 Å². The van der Waals surface area contributed by atoms with Crippen LogP contribution >= 0.6 is 11.6 Å². The van der Waals surface area contributed by atoms with Crippen molar-refractivity contribution in [2.24, 2.45) is 0 Å². The van der Waals surface area contributed by atoms with E-state index in [0.717, 1.165) is 36.4 Å². The van der Waals surface area contributed by atoms with Gasteiger partial charge in [0.2, 0.25) is 0 Å². The first-order chi connectivity index (χ1) is 14.4. The molecule has 0 saturated heterocycles. The predicted molar refractivity (Wildman–Crippen MR) is 123 cm³/mol. The maximum Gasteiger partial charge on any atom is 0.260 e. The first kappa shape index (κ1) is 22.1. The van der Waals surface area contributed by atoms with E-state index in [1.165, 1.54) is 5.56 Å². The van der Waals surface area contributed by atoms with E-state index >= 15 is 0 Å². The lowest BCUT2D eigenvalue weighted by Gasteiger charge is -2.18. The van der Waals surface area contributed by atoms with Crippen molar-refractivity contribution in [3.8, 4) is 0 Å². The van der Waals surface area contributed by atoms with Crippen molar-refractivity contribution in [3.63, 3.8) is 0 Å². The lowest BCUT2D eigenvalue weighted by Crippen LogP contribution is -2.22. The Bertz CT molecular complexity index is 1010. The van der Waals surface area contributed by atoms with Gasteiger partial charge in [0, 0.05) is 12.2 Å². The quantitative estimate of drug-likeness (QED) is 0.534. The topological polar surface area (TPSA) is 50.2 Å². The number of rotatable bonds is 8. The lowest BCUT2D eigenvalue weighted by atomic mass is 10.1. The summed E-state index contributed by atoms with van der Waals surface area (Å²) in [5.74, 6) is -0.243. The predicted octanol–water partition coefficient (Wildman–Crippen LogP) is 5.30. The van der Waals surface area contributed by atoms with Crippen LogP contribution in [-0.2, 0) is 13.1 Å². The molecule has 158 valence electrons. The van der Waals surface area contributed by atoms with E-state index in [9.17, 15) is 4.79 Å². The van der Waals surface area contributed by atoms with Gasteiger partial charge < -0.3 is 5.32 Å². The molecule has 1 heterocycles. The van der Waals surface area contributed by atoms with Gasteiger partial charge in [-0.05, 0) is 50.2 Å². The minimum atomic E-state index is -0.243. The first-order valence-corrected chi connectivity index (χ1v) is 10.7. The molecule has 0 atom stereocenters. The summed E-state index contributed by atoms with van der Waals surface area (Å²) in [5.41, 5.74) is 5.23. The average Bonchev–Trinajstić information content (AvgIpc) is 3.01. The Morgan fingerprint density at radius 1 is 1.07 bits per heavy atom. The standard InChI is InChI=1S/C24H29ClN4O/c1-5-28(6-2)15-20-8-7-9-21(14-20)26-24(30)22-18(4)27-29(23(22)25)16-19-12-10-17(3)11-13-19/h7-14H,5-6,15-16H2,1-4H3,(H,26,30). The average molecular weight is 425 g/mol. The third-order valence-corrected chi connectivity index (χ3v) is 5.61. The molecule has 0 fully saturated rings. The fourth-order valence-electron chi connectivity index (χ4n) is 3.43. The fourth-order valence-corrected chi connectivity index (χ4v) is 3.75. The van der Waals surface area contributed by atoms with Gasteiger partial charge in [-0.15, -0.1) is 0 Å². The largest absolute Gasteiger partial charge is 0.322 e. The number of nitrogens with zero attached hydrogens (tertiary/aromatic N) is 3. The van der Waals surface area contributed by atoms with Gasteiger partial charge in [-0.25, -0.2) is 4.68 Å². The Morgan fingerprint density at radius 2 is 1.77 bits per heavy atom. The lowest BCUT2D eigenvalue weighted by molar-refractivity contribution is 0.102. The zero-order valence-corrected chi connectivity index (χ0v) is 18.8. The fraction of sp³-hybridized carbons (Fsp3) is 0.333. The van der Waals surface area contributed by atoms with Crippen molar-refractivity contribution < 1.29 is 4.79 Å². The summed E-state index contributed by atoms with van der Waals surface area (Å²) < 4.78 is 1.67. The number of anilines is 1. The molecule has 5 nitrogen and oxygen atoms in total. The number of carbonyl (C=O) groups excluding carboxylic acids is 1. The number of hydrogen-bond acceptors (Lipinski definition) is 3. The monoisotopic (exact) mass is 424 g/mol. The Hall–Kier alpha value is -2.63. The minimum absolute atomic E-state index is 0.243. The number of aryl methyl sites for hydroxylation is 2. The van der Waals surface area contributed by atoms with Crippen molar-refractivity contribution in [2.75, 3.05) is 18.4 Å². The van der Waals surface area contributed by atoms with E-state index in [0.29, 0.717) is 23.0 Å². The van der Waals surface area contributed by atoms with Gasteiger partial charge >= 0.3 is 0 Å². The molecule has 1 aromatic heterocycles. The second-order valence-corrected chi connectivity index (χ2v) is 7.87. The van der Waals surface area contributed by atoms with Crippen LogP contribution in [0.25, 0.3) is 0 Å². The molecule has 0 unspecified atom stereocenters. The van der Waals surface area contributed by atoms with Crippen molar-refractivity contribution in [2.45, 2.75) is 40.8 Å². The van der Waals surface area contributed by atoms with Gasteiger partial charge in [-0.2, -0.15) is 5.10 Å². The molecule has 0 aliphatic heterocycles. The molecule has 0 radical (unpaired) electrons. The Kier molecular flexibility index (Phi) is 7.29. The molecular weight excluding hydrogens is 396 g/mol. The van der Waals surface area contributed by atoms with Crippen molar-refractivity contribution in [3.05, 3.63) is 81.6 Å². The molecule has 3 aromatic rings. The molecule has 6 heteroatoms. The van der Waals surface area contributed by atoms with Gasteiger partial charge in [0.05, 0.1) is 17.8 Å². The second-order valence-electron chi connectivity index (χ2n) is 7.51. The highest BCUT2D eigenvalue weighted by molar-refractivity contribution is 6.33. The molecule has 1 amide bonds. The van der Waals surface area contributed by atoms with E-state index in [1.54, 1.807) is 4.68 Å². The van der Waals surface area contributed by atoms with Crippen LogP contribution in [0.3, 0.4) is 0 Å². The number of nitrogens with one attached hydrogen (secondary N) is 1. The van der Waals surface area contributed by atoms with E-state index in [1.807, 2.05) is 44.2 Å². The summed E-state index contributed by atoms with van der Waals surface area (Å²) in [6.07, 6.45) is 0. The highest BCUT2D eigenvalue weighted by Gasteiger charge is 2.20. The van der Waals surface area contributed by atoms with E-state index < -0.39 is 0 Å². The minimum Gasteiger partial charge on any atom is -0.322 e. The molecular formula is C24H29ClN4O. The summed E-state index contributed by atoms with van der Waals surface area (Å²) in [6, 6.07) is 16.1. The number of amides is 1. The second kappa shape index (κ2) is 9.92. The maximum atomic E-state index is 13.0. The van der Waals surface area contributed by atoms with E-state index in [-0.39, 0.29) is 5.91 Å². The summed E-state index contributed by atoms with van der Waals surface area (Å²) >= 11 is 6.54. The Morgan fingerprint density at radius 3 is 2.43 bits per heavy atom. The third-order valence-electron chi connectivity index (χ3n) is 5.23. The molecule has 1 N–H and O–H groups in total. The number of benzene rings is 2. The Balaban J connectivity index is 1.76. The van der Waals surface area contributed by atoms with Crippen LogP contribution in [0, 0.1) is 13.8 Å². The molecule has 0 aliphatic carbocycles. The van der Waals surface area contributed by atoms with Crippen LogP contribution in [0.4, 0.5) is 5.69 Å². The van der Waals surface area contributed by atoms with Gasteiger partial charge in [0.1, 0.15) is 5.15 Å². The summed E-state index contributed by atoms with van der Waals surface area (Å²) in [7, 11) is 0. The highest BCUT2D eigenvalue weighted by Crippen LogP contribution is 2.23. The van der Waals surface area contributed by atoms with Gasteiger partial charge in [-0.3, -0.25) is 9.69 Å². The molecule has 2 aromatic carbocycles. The van der Waals surface area contributed by atoms with Crippen LogP contribution in [0.5, 0.6) is 0 Å². The van der Waals surface area contributed by atoms with Crippen molar-refractivity contribution >= 4 is 23.2 Å². The van der Waals surface area contributed by atoms with Crippen LogP contribution in [-0.4, -0.2) is 33.7 Å². The summed E-state index contributed by atoms with van der Waals surface area (Å²) in [5, 5.41) is 7.82. The normalized spacial score (nSPS) is 11.1. The van der Waals surface area contributed by atoms with Crippen LogP contribution in [0.15, 0.2) is 48.5 Å². The zero-order valence-electron chi connectivity index (χ0n) is 18.1. The molecule has 3 rings (SSSR count). The number of halogens is 1. The molecule has 0 aliphatic rings. The number of carbonyl (C=O) groups is 1. The molecule has 0 saturated carbocycles.